The van der Waals surface area contributed by atoms with Gasteiger partial charge in [-0.25, -0.2) is 9.97 Å². The second-order valence-corrected chi connectivity index (χ2v) is 4.76. The molecule has 2 N–H and O–H groups in total. The third-order valence-corrected chi connectivity index (χ3v) is 2.63. The van der Waals surface area contributed by atoms with Crippen LogP contribution in [-0.2, 0) is 6.54 Å². The van der Waals surface area contributed by atoms with Crippen LogP contribution in [0.25, 0.3) is 0 Å². The van der Waals surface area contributed by atoms with Crippen LogP contribution in [0, 0.1) is 0 Å². The number of carbonyl (C=O) groups is 1. The van der Waals surface area contributed by atoms with E-state index in [2.05, 4.69) is 20.6 Å². The number of aromatic nitrogens is 2. The maximum Gasteiger partial charge on any atom is 0.270 e. The normalized spacial score (nSPS) is 10.3. The van der Waals surface area contributed by atoms with E-state index in [1.165, 1.54) is 6.33 Å². The van der Waals surface area contributed by atoms with Crippen molar-refractivity contribution in [1.82, 2.24) is 15.3 Å². The smallest absolute Gasteiger partial charge is 0.270 e. The van der Waals surface area contributed by atoms with Crippen LogP contribution >= 0.6 is 0 Å². The Labute approximate surface area is 118 Å². The Bertz CT molecular complexity index is 569. The molecule has 0 atom stereocenters. The molecule has 1 aromatic heterocycles. The van der Waals surface area contributed by atoms with Crippen molar-refractivity contribution in [1.29, 1.82) is 0 Å². The predicted molar refractivity (Wildman–Crippen MR) is 78.4 cm³/mol. The van der Waals surface area contributed by atoms with Gasteiger partial charge in [0.05, 0.1) is 0 Å². The van der Waals surface area contributed by atoms with Gasteiger partial charge >= 0.3 is 0 Å². The van der Waals surface area contributed by atoms with Crippen molar-refractivity contribution in [2.45, 2.75) is 26.4 Å². The monoisotopic (exact) mass is 270 g/mol. The van der Waals surface area contributed by atoms with Gasteiger partial charge in [-0.1, -0.05) is 30.3 Å². The summed E-state index contributed by atoms with van der Waals surface area (Å²) in [7, 11) is 0. The highest BCUT2D eigenvalue weighted by atomic mass is 16.1. The molecule has 0 aliphatic heterocycles. The summed E-state index contributed by atoms with van der Waals surface area (Å²) in [5, 5.41) is 5.98. The Hall–Kier alpha value is -2.43. The number of carbonyl (C=O) groups excluding carboxylic acids is 1. The zero-order chi connectivity index (χ0) is 14.4. The van der Waals surface area contributed by atoms with E-state index in [-0.39, 0.29) is 11.9 Å². The number of amides is 1. The molecule has 0 spiro atoms. The van der Waals surface area contributed by atoms with Crippen LogP contribution < -0.4 is 10.6 Å². The molecule has 0 unspecified atom stereocenters. The Morgan fingerprint density at radius 1 is 1.20 bits per heavy atom. The number of nitrogens with one attached hydrogen (secondary N) is 2. The van der Waals surface area contributed by atoms with Crippen LogP contribution in [-0.4, -0.2) is 21.9 Å². The van der Waals surface area contributed by atoms with Gasteiger partial charge in [0.25, 0.3) is 5.91 Å². The van der Waals surface area contributed by atoms with Crippen LogP contribution in [0.3, 0.4) is 0 Å². The fourth-order valence-corrected chi connectivity index (χ4v) is 1.72. The van der Waals surface area contributed by atoms with Gasteiger partial charge in [0, 0.05) is 18.7 Å². The van der Waals surface area contributed by atoms with Crippen LogP contribution in [0.2, 0.25) is 0 Å². The van der Waals surface area contributed by atoms with Gasteiger partial charge < -0.3 is 10.6 Å². The van der Waals surface area contributed by atoms with E-state index in [4.69, 9.17) is 0 Å². The molecule has 1 amide bonds. The molecule has 0 aliphatic carbocycles. The molecule has 0 fully saturated rings. The summed E-state index contributed by atoms with van der Waals surface area (Å²) in [6.07, 6.45) is 1.39. The summed E-state index contributed by atoms with van der Waals surface area (Å²) in [6, 6.07) is 11.7. The lowest BCUT2D eigenvalue weighted by molar-refractivity contribution is 0.0946. The highest BCUT2D eigenvalue weighted by Crippen LogP contribution is 2.06. The van der Waals surface area contributed by atoms with E-state index < -0.39 is 0 Å². The van der Waals surface area contributed by atoms with Gasteiger partial charge in [-0.05, 0) is 19.4 Å². The second-order valence-electron chi connectivity index (χ2n) is 4.76. The lowest BCUT2D eigenvalue weighted by Crippen LogP contribution is -2.24. The maximum absolute atomic E-state index is 12.0. The fraction of sp³-hybridized carbons (Fsp3) is 0.267. The van der Waals surface area contributed by atoms with Crippen molar-refractivity contribution in [3.05, 3.63) is 54.0 Å². The van der Waals surface area contributed by atoms with Gasteiger partial charge in [-0.2, -0.15) is 0 Å². The predicted octanol–water partition coefficient (Wildman–Crippen LogP) is 2.23. The summed E-state index contributed by atoms with van der Waals surface area (Å²) in [5.41, 5.74) is 1.41. The summed E-state index contributed by atoms with van der Waals surface area (Å²) in [4.78, 5) is 20.1. The summed E-state index contributed by atoms with van der Waals surface area (Å²) >= 11 is 0. The third kappa shape index (κ3) is 4.05. The van der Waals surface area contributed by atoms with Crippen molar-refractivity contribution < 1.29 is 4.79 Å². The highest BCUT2D eigenvalue weighted by molar-refractivity contribution is 5.92. The number of anilines is 1. The molecule has 0 aliphatic rings. The summed E-state index contributed by atoms with van der Waals surface area (Å²) < 4.78 is 0. The average Bonchev–Trinajstić information content (AvgIpc) is 2.45. The summed E-state index contributed by atoms with van der Waals surface area (Å²) in [6.45, 7) is 4.51. The van der Waals surface area contributed by atoms with Crippen molar-refractivity contribution in [3.8, 4) is 0 Å². The average molecular weight is 270 g/mol. The molecule has 5 nitrogen and oxygen atoms in total. The Morgan fingerprint density at radius 3 is 2.65 bits per heavy atom. The number of nitrogens with zero attached hydrogens (tertiary/aromatic N) is 2. The SMILES string of the molecule is CC(C)Nc1cc(C(=O)NCc2ccccc2)ncn1. The Morgan fingerprint density at radius 2 is 1.95 bits per heavy atom. The quantitative estimate of drug-likeness (QED) is 0.874. The zero-order valence-electron chi connectivity index (χ0n) is 11.6. The van der Waals surface area contributed by atoms with E-state index in [1.807, 2.05) is 44.2 Å². The molecule has 0 bridgehead atoms. The van der Waals surface area contributed by atoms with E-state index in [0.29, 0.717) is 18.1 Å². The van der Waals surface area contributed by atoms with E-state index in [0.717, 1.165) is 5.56 Å². The molecule has 0 saturated carbocycles. The molecule has 104 valence electrons. The fourth-order valence-electron chi connectivity index (χ4n) is 1.72. The highest BCUT2D eigenvalue weighted by Gasteiger charge is 2.08. The lowest BCUT2D eigenvalue weighted by Gasteiger charge is -2.09. The minimum absolute atomic E-state index is 0.206. The molecule has 20 heavy (non-hydrogen) atoms. The van der Waals surface area contributed by atoms with Crippen LogP contribution in [0.15, 0.2) is 42.7 Å². The zero-order valence-corrected chi connectivity index (χ0v) is 11.6. The second kappa shape index (κ2) is 6.65. The molecule has 0 radical (unpaired) electrons. The number of hydrogen-bond donors (Lipinski definition) is 2. The Kier molecular flexibility index (Phi) is 4.65. The van der Waals surface area contributed by atoms with Gasteiger partial charge in [0.1, 0.15) is 17.8 Å². The van der Waals surface area contributed by atoms with Crippen LogP contribution in [0.1, 0.15) is 29.9 Å². The molecule has 0 saturated heterocycles. The van der Waals surface area contributed by atoms with E-state index in [9.17, 15) is 4.79 Å². The van der Waals surface area contributed by atoms with Gasteiger partial charge in [0.15, 0.2) is 0 Å². The maximum atomic E-state index is 12.0. The molecule has 2 aromatic rings. The third-order valence-electron chi connectivity index (χ3n) is 2.63. The first kappa shape index (κ1) is 14.0. The van der Waals surface area contributed by atoms with Gasteiger partial charge in [-0.15, -0.1) is 0 Å². The standard InChI is InChI=1S/C15H18N4O/c1-11(2)19-14-8-13(17-10-18-14)15(20)16-9-12-6-4-3-5-7-12/h3-8,10-11H,9H2,1-2H3,(H,16,20)(H,17,18,19). The van der Waals surface area contributed by atoms with Crippen molar-refractivity contribution >= 4 is 11.7 Å². The summed E-state index contributed by atoms with van der Waals surface area (Å²) in [5.74, 6) is 0.447. The number of hydrogen-bond acceptors (Lipinski definition) is 4. The van der Waals surface area contributed by atoms with Crippen LogP contribution in [0.4, 0.5) is 5.82 Å². The van der Waals surface area contributed by atoms with Gasteiger partial charge in [-0.3, -0.25) is 4.79 Å². The molecule has 2 rings (SSSR count). The first-order valence-corrected chi connectivity index (χ1v) is 6.56. The number of benzene rings is 1. The van der Waals surface area contributed by atoms with E-state index >= 15 is 0 Å². The first-order chi connectivity index (χ1) is 9.65. The minimum Gasteiger partial charge on any atom is -0.368 e. The van der Waals surface area contributed by atoms with E-state index in [1.54, 1.807) is 6.07 Å². The molecule has 5 heteroatoms. The first-order valence-electron chi connectivity index (χ1n) is 6.56. The van der Waals surface area contributed by atoms with Crippen molar-refractivity contribution in [3.63, 3.8) is 0 Å². The topological polar surface area (TPSA) is 66.9 Å². The molecule has 1 aromatic carbocycles. The molecular weight excluding hydrogens is 252 g/mol. The van der Waals surface area contributed by atoms with Gasteiger partial charge in [0.2, 0.25) is 0 Å². The largest absolute Gasteiger partial charge is 0.368 e. The molecule has 1 heterocycles. The minimum atomic E-state index is -0.206. The molecular formula is C15H18N4O. The lowest BCUT2D eigenvalue weighted by atomic mass is 10.2. The van der Waals surface area contributed by atoms with Crippen molar-refractivity contribution in [2.75, 3.05) is 5.32 Å². The Balaban J connectivity index is 1.98. The van der Waals surface area contributed by atoms with Crippen molar-refractivity contribution in [2.24, 2.45) is 0 Å². The number of rotatable bonds is 5. The van der Waals surface area contributed by atoms with Crippen LogP contribution in [0.5, 0.6) is 0 Å².